The zero-order valence-electron chi connectivity index (χ0n) is 15.8. The van der Waals surface area contributed by atoms with Crippen molar-refractivity contribution >= 4 is 5.91 Å². The van der Waals surface area contributed by atoms with Crippen LogP contribution in [0.15, 0.2) is 35.1 Å². The third-order valence-corrected chi connectivity index (χ3v) is 5.75. The maximum absolute atomic E-state index is 13.7. The van der Waals surface area contributed by atoms with E-state index in [0.29, 0.717) is 37.5 Å². The van der Waals surface area contributed by atoms with Crippen LogP contribution in [-0.2, 0) is 17.8 Å². The number of hydrogen-bond donors (Lipinski definition) is 1. The summed E-state index contributed by atoms with van der Waals surface area (Å²) >= 11 is 0. The molecule has 2 atom stereocenters. The Balaban J connectivity index is 1.30. The molecule has 4 rings (SSSR count). The third-order valence-electron chi connectivity index (χ3n) is 5.75. The molecule has 0 radical (unpaired) electrons. The molecule has 1 amide bonds. The van der Waals surface area contributed by atoms with Crippen LogP contribution < -0.4 is 10.9 Å². The van der Waals surface area contributed by atoms with Crippen molar-refractivity contribution in [3.8, 4) is 0 Å². The van der Waals surface area contributed by atoms with Crippen LogP contribution in [0.1, 0.15) is 23.6 Å². The molecule has 0 aliphatic carbocycles. The van der Waals surface area contributed by atoms with Gasteiger partial charge in [-0.05, 0) is 24.5 Å². The van der Waals surface area contributed by atoms with E-state index < -0.39 is 23.4 Å². The lowest BCUT2D eigenvalue weighted by Gasteiger charge is -2.42. The van der Waals surface area contributed by atoms with Crippen molar-refractivity contribution < 1.29 is 18.0 Å². The second-order valence-electron chi connectivity index (χ2n) is 7.84. The van der Waals surface area contributed by atoms with Crippen molar-refractivity contribution in [1.29, 1.82) is 0 Å². The lowest BCUT2D eigenvalue weighted by Crippen LogP contribution is -2.48. The molecule has 2 aromatic rings. The van der Waals surface area contributed by atoms with Crippen LogP contribution in [0.4, 0.5) is 13.2 Å². The van der Waals surface area contributed by atoms with Crippen LogP contribution >= 0.6 is 0 Å². The number of pyridine rings is 1. The first-order valence-corrected chi connectivity index (χ1v) is 9.73. The molecule has 2 aliphatic heterocycles. The van der Waals surface area contributed by atoms with E-state index in [1.54, 1.807) is 12.1 Å². The number of hydrogen-bond acceptors (Lipinski definition) is 3. The largest absolute Gasteiger partial charge is 0.355 e. The minimum atomic E-state index is -1.27. The van der Waals surface area contributed by atoms with Gasteiger partial charge in [0.05, 0.1) is 6.42 Å². The predicted molar refractivity (Wildman–Crippen MR) is 101 cm³/mol. The van der Waals surface area contributed by atoms with Gasteiger partial charge in [0, 0.05) is 62.0 Å². The van der Waals surface area contributed by atoms with Gasteiger partial charge in [0.1, 0.15) is 5.82 Å². The zero-order chi connectivity index (χ0) is 20.5. The Bertz CT molecular complexity index is 992. The molecule has 0 unspecified atom stereocenters. The van der Waals surface area contributed by atoms with Gasteiger partial charge in [-0.15, -0.1) is 0 Å². The van der Waals surface area contributed by atoms with Crippen molar-refractivity contribution in [2.24, 2.45) is 5.92 Å². The van der Waals surface area contributed by atoms with Crippen LogP contribution in [0, 0.1) is 23.4 Å². The van der Waals surface area contributed by atoms with E-state index in [-0.39, 0.29) is 17.5 Å². The Hall–Kier alpha value is -2.61. The summed E-state index contributed by atoms with van der Waals surface area (Å²) in [7, 11) is 0. The number of likely N-dealkylation sites (tertiary alicyclic amines) is 1. The van der Waals surface area contributed by atoms with E-state index in [1.165, 1.54) is 0 Å². The summed E-state index contributed by atoms with van der Waals surface area (Å²) < 4.78 is 41.8. The summed E-state index contributed by atoms with van der Waals surface area (Å²) in [5, 5.41) is 2.72. The Morgan fingerprint density at radius 1 is 1.07 bits per heavy atom. The summed E-state index contributed by atoms with van der Waals surface area (Å²) in [6.07, 6.45) is 0.715. The highest BCUT2D eigenvalue weighted by atomic mass is 19.2. The number of piperidine rings is 1. The molecule has 1 aromatic carbocycles. The lowest BCUT2D eigenvalue weighted by atomic mass is 9.83. The molecular formula is C21H22F3N3O2. The van der Waals surface area contributed by atoms with Gasteiger partial charge in [0.2, 0.25) is 5.91 Å². The van der Waals surface area contributed by atoms with E-state index in [0.717, 1.165) is 31.3 Å². The standard InChI is InChI=1S/C21H22F3N3O2/c22-16-9-18(24)17(23)7-14(16)8-20(28)25-4-5-26-10-13-6-15(12-26)19-2-1-3-21(29)27(19)11-13/h1-3,7,9,13,15H,4-6,8,10-12H2,(H,25,28)/t13-,15+/m1/s1. The fourth-order valence-electron chi connectivity index (χ4n) is 4.47. The van der Waals surface area contributed by atoms with Crippen molar-refractivity contribution in [3.63, 3.8) is 0 Å². The number of carbonyl (C=O) groups excluding carboxylic acids is 1. The quantitative estimate of drug-likeness (QED) is 0.775. The molecule has 1 saturated heterocycles. The number of benzene rings is 1. The molecule has 1 aromatic heterocycles. The number of nitrogens with zero attached hydrogens (tertiary/aromatic N) is 2. The molecule has 2 aliphatic rings. The first-order chi connectivity index (χ1) is 13.9. The number of halogens is 3. The van der Waals surface area contributed by atoms with Crippen molar-refractivity contribution in [2.45, 2.75) is 25.3 Å². The third kappa shape index (κ3) is 4.22. The van der Waals surface area contributed by atoms with Gasteiger partial charge in [-0.25, -0.2) is 13.2 Å². The number of carbonyl (C=O) groups is 1. The zero-order valence-corrected chi connectivity index (χ0v) is 15.8. The van der Waals surface area contributed by atoms with Gasteiger partial charge in [-0.2, -0.15) is 0 Å². The molecule has 0 saturated carbocycles. The first-order valence-electron chi connectivity index (χ1n) is 9.73. The second-order valence-corrected chi connectivity index (χ2v) is 7.84. The topological polar surface area (TPSA) is 54.3 Å². The average Bonchev–Trinajstić information content (AvgIpc) is 2.67. The molecule has 1 N–H and O–H groups in total. The fourth-order valence-corrected chi connectivity index (χ4v) is 4.47. The lowest BCUT2D eigenvalue weighted by molar-refractivity contribution is -0.120. The molecule has 29 heavy (non-hydrogen) atoms. The van der Waals surface area contributed by atoms with Gasteiger partial charge in [0.25, 0.3) is 5.56 Å². The number of rotatable bonds is 5. The summed E-state index contributed by atoms with van der Waals surface area (Å²) in [5.74, 6) is -3.13. The second kappa shape index (κ2) is 8.02. The summed E-state index contributed by atoms with van der Waals surface area (Å²) in [5.41, 5.74) is 0.939. The highest BCUT2D eigenvalue weighted by Gasteiger charge is 2.34. The highest BCUT2D eigenvalue weighted by Crippen LogP contribution is 2.34. The maximum Gasteiger partial charge on any atom is 0.250 e. The van der Waals surface area contributed by atoms with Crippen LogP contribution in [0.25, 0.3) is 0 Å². The van der Waals surface area contributed by atoms with E-state index in [4.69, 9.17) is 0 Å². The van der Waals surface area contributed by atoms with Crippen LogP contribution in [0.3, 0.4) is 0 Å². The summed E-state index contributed by atoms with van der Waals surface area (Å²) in [4.78, 5) is 26.4. The van der Waals surface area contributed by atoms with Gasteiger partial charge < -0.3 is 14.8 Å². The van der Waals surface area contributed by atoms with Crippen molar-refractivity contribution in [2.75, 3.05) is 26.2 Å². The Labute approximate surface area is 166 Å². The SMILES string of the molecule is O=C(Cc1cc(F)c(F)cc1F)NCCN1C[C@H]2C[C@@H](C1)c1cccc(=O)n1C2. The molecule has 2 bridgehead atoms. The normalized spacial score (nSPS) is 20.9. The highest BCUT2D eigenvalue weighted by molar-refractivity contribution is 5.78. The Morgan fingerprint density at radius 2 is 1.86 bits per heavy atom. The van der Waals surface area contributed by atoms with Gasteiger partial charge in [0.15, 0.2) is 11.6 Å². The van der Waals surface area contributed by atoms with E-state index in [9.17, 15) is 22.8 Å². The van der Waals surface area contributed by atoms with E-state index >= 15 is 0 Å². The molecule has 0 spiro atoms. The first kappa shape index (κ1) is 19.7. The molecule has 154 valence electrons. The monoisotopic (exact) mass is 405 g/mol. The smallest absolute Gasteiger partial charge is 0.250 e. The van der Waals surface area contributed by atoms with Crippen molar-refractivity contribution in [1.82, 2.24) is 14.8 Å². The van der Waals surface area contributed by atoms with Crippen LogP contribution in [0.2, 0.25) is 0 Å². The fraction of sp³-hybridized carbons (Fsp3) is 0.429. The number of amides is 1. The molecule has 3 heterocycles. The average molecular weight is 405 g/mol. The van der Waals surface area contributed by atoms with Crippen LogP contribution in [-0.4, -0.2) is 41.6 Å². The number of nitrogens with one attached hydrogen (secondary N) is 1. The Morgan fingerprint density at radius 3 is 2.69 bits per heavy atom. The van der Waals surface area contributed by atoms with Gasteiger partial charge >= 0.3 is 0 Å². The molecular weight excluding hydrogens is 383 g/mol. The maximum atomic E-state index is 13.7. The summed E-state index contributed by atoms with van der Waals surface area (Å²) in [6, 6.07) is 6.56. The predicted octanol–water partition coefficient (Wildman–Crippen LogP) is 2.04. The number of aromatic nitrogens is 1. The Kier molecular flexibility index (Phi) is 5.45. The molecule has 8 heteroatoms. The molecule has 5 nitrogen and oxygen atoms in total. The number of fused-ring (bicyclic) bond motifs is 4. The van der Waals surface area contributed by atoms with Gasteiger partial charge in [-0.3, -0.25) is 9.59 Å². The van der Waals surface area contributed by atoms with E-state index in [2.05, 4.69) is 10.2 Å². The molecule has 1 fully saturated rings. The van der Waals surface area contributed by atoms with Crippen LogP contribution in [0.5, 0.6) is 0 Å². The van der Waals surface area contributed by atoms with Gasteiger partial charge in [-0.1, -0.05) is 6.07 Å². The van der Waals surface area contributed by atoms with Crippen molar-refractivity contribution in [3.05, 3.63) is 69.4 Å². The van der Waals surface area contributed by atoms with E-state index in [1.807, 2.05) is 10.6 Å². The minimum absolute atomic E-state index is 0.0439. The summed E-state index contributed by atoms with van der Waals surface area (Å²) in [6.45, 7) is 3.39. The minimum Gasteiger partial charge on any atom is -0.355 e.